The molecule has 0 aliphatic heterocycles. The van der Waals surface area contributed by atoms with Crippen LogP contribution < -0.4 is 5.32 Å². The molecule has 0 saturated carbocycles. The molecular formula is C13H13F2N3O. The molecule has 0 radical (unpaired) electrons. The number of benzene rings is 1. The number of nitrogens with one attached hydrogen (secondary N) is 1. The maximum atomic E-state index is 13.4. The Morgan fingerprint density at radius 1 is 1.47 bits per heavy atom. The highest BCUT2D eigenvalue weighted by Gasteiger charge is 2.12. The van der Waals surface area contributed by atoms with E-state index in [1.807, 2.05) is 6.92 Å². The first-order valence-electron chi connectivity index (χ1n) is 5.78. The summed E-state index contributed by atoms with van der Waals surface area (Å²) in [4.78, 5) is 15.6. The Hall–Kier alpha value is -2.24. The second-order valence-electron chi connectivity index (χ2n) is 4.24. The standard InChI is InChI=1S/C13H13F2N3O/c1-9(18-5-4-16-8-18)6-13(19)17-12-3-2-10(14)7-11(12)15/h2-5,7-9H,6H2,1H3,(H,17,19). The zero-order valence-corrected chi connectivity index (χ0v) is 10.3. The van der Waals surface area contributed by atoms with Crippen LogP contribution in [0, 0.1) is 11.6 Å². The fourth-order valence-electron chi connectivity index (χ4n) is 1.70. The van der Waals surface area contributed by atoms with Gasteiger partial charge in [0.25, 0.3) is 0 Å². The Balaban J connectivity index is 1.98. The van der Waals surface area contributed by atoms with Crippen LogP contribution >= 0.6 is 0 Å². The van der Waals surface area contributed by atoms with E-state index in [2.05, 4.69) is 10.3 Å². The number of amides is 1. The van der Waals surface area contributed by atoms with Gasteiger partial charge in [0.15, 0.2) is 0 Å². The van der Waals surface area contributed by atoms with Gasteiger partial charge in [-0.05, 0) is 19.1 Å². The van der Waals surface area contributed by atoms with Crippen molar-refractivity contribution in [1.29, 1.82) is 0 Å². The summed E-state index contributed by atoms with van der Waals surface area (Å²) >= 11 is 0. The normalized spacial score (nSPS) is 12.2. The lowest BCUT2D eigenvalue weighted by Gasteiger charge is -2.13. The van der Waals surface area contributed by atoms with Crippen molar-refractivity contribution in [2.24, 2.45) is 0 Å². The monoisotopic (exact) mass is 265 g/mol. The third kappa shape index (κ3) is 3.37. The Bertz CT molecular complexity index is 569. The molecule has 0 spiro atoms. The lowest BCUT2D eigenvalue weighted by Crippen LogP contribution is -2.17. The lowest BCUT2D eigenvalue weighted by molar-refractivity contribution is -0.116. The van der Waals surface area contributed by atoms with Crippen LogP contribution in [0.5, 0.6) is 0 Å². The fourth-order valence-corrected chi connectivity index (χ4v) is 1.70. The van der Waals surface area contributed by atoms with Crippen LogP contribution in [0.4, 0.5) is 14.5 Å². The van der Waals surface area contributed by atoms with Crippen LogP contribution in [-0.2, 0) is 4.79 Å². The molecule has 6 heteroatoms. The number of rotatable bonds is 4. The summed E-state index contributed by atoms with van der Waals surface area (Å²) in [6, 6.07) is 2.93. The van der Waals surface area contributed by atoms with Crippen molar-refractivity contribution >= 4 is 11.6 Å². The number of halogens is 2. The first-order valence-corrected chi connectivity index (χ1v) is 5.78. The molecule has 1 amide bonds. The number of hydrogen-bond acceptors (Lipinski definition) is 2. The van der Waals surface area contributed by atoms with E-state index in [1.165, 1.54) is 6.07 Å². The van der Waals surface area contributed by atoms with Gasteiger partial charge in [-0.2, -0.15) is 0 Å². The summed E-state index contributed by atoms with van der Waals surface area (Å²) in [6.07, 6.45) is 5.15. The van der Waals surface area contributed by atoms with Crippen LogP contribution in [0.3, 0.4) is 0 Å². The molecule has 0 fully saturated rings. The summed E-state index contributed by atoms with van der Waals surface area (Å²) in [5, 5.41) is 2.42. The molecule has 1 atom stereocenters. The number of carbonyl (C=O) groups is 1. The molecule has 19 heavy (non-hydrogen) atoms. The topological polar surface area (TPSA) is 46.9 Å². The molecule has 0 bridgehead atoms. The summed E-state index contributed by atoms with van der Waals surface area (Å²) in [5.41, 5.74) is -0.0239. The van der Waals surface area contributed by atoms with Gasteiger partial charge in [0.05, 0.1) is 12.0 Å². The lowest BCUT2D eigenvalue weighted by atomic mass is 10.2. The molecule has 2 aromatic rings. The third-order valence-electron chi connectivity index (χ3n) is 2.72. The highest BCUT2D eigenvalue weighted by atomic mass is 19.1. The molecule has 1 aromatic carbocycles. The molecule has 0 aliphatic carbocycles. The second kappa shape index (κ2) is 5.60. The van der Waals surface area contributed by atoms with Crippen molar-refractivity contribution in [1.82, 2.24) is 9.55 Å². The van der Waals surface area contributed by atoms with E-state index in [0.29, 0.717) is 0 Å². The average molecular weight is 265 g/mol. The van der Waals surface area contributed by atoms with Crippen LogP contribution in [-0.4, -0.2) is 15.5 Å². The van der Waals surface area contributed by atoms with Gasteiger partial charge >= 0.3 is 0 Å². The van der Waals surface area contributed by atoms with Crippen LogP contribution in [0.2, 0.25) is 0 Å². The van der Waals surface area contributed by atoms with Gasteiger partial charge < -0.3 is 9.88 Å². The molecule has 1 unspecified atom stereocenters. The van der Waals surface area contributed by atoms with E-state index in [1.54, 1.807) is 23.3 Å². The Morgan fingerprint density at radius 3 is 2.89 bits per heavy atom. The highest BCUT2D eigenvalue weighted by molar-refractivity contribution is 5.91. The zero-order valence-electron chi connectivity index (χ0n) is 10.3. The largest absolute Gasteiger partial charge is 0.334 e. The van der Waals surface area contributed by atoms with Crippen molar-refractivity contribution in [2.75, 3.05) is 5.32 Å². The van der Waals surface area contributed by atoms with E-state index in [9.17, 15) is 13.6 Å². The molecular weight excluding hydrogens is 252 g/mol. The SMILES string of the molecule is CC(CC(=O)Nc1ccc(F)cc1F)n1ccnc1. The first kappa shape index (κ1) is 13.2. The van der Waals surface area contributed by atoms with Gasteiger partial charge in [-0.3, -0.25) is 4.79 Å². The number of hydrogen-bond donors (Lipinski definition) is 1. The van der Waals surface area contributed by atoms with Gasteiger partial charge in [0.2, 0.25) is 5.91 Å². The molecule has 0 aliphatic rings. The maximum absolute atomic E-state index is 13.4. The molecule has 2 rings (SSSR count). The average Bonchev–Trinajstić information content (AvgIpc) is 2.86. The molecule has 4 nitrogen and oxygen atoms in total. The molecule has 100 valence electrons. The quantitative estimate of drug-likeness (QED) is 0.924. The summed E-state index contributed by atoms with van der Waals surface area (Å²) in [5.74, 6) is -1.81. The van der Waals surface area contributed by atoms with E-state index in [-0.39, 0.29) is 24.1 Å². The molecule has 0 saturated heterocycles. The number of imidazole rings is 1. The maximum Gasteiger partial charge on any atom is 0.226 e. The molecule has 1 aromatic heterocycles. The van der Waals surface area contributed by atoms with Crippen LogP contribution in [0.15, 0.2) is 36.9 Å². The first-order chi connectivity index (χ1) is 9.06. The third-order valence-corrected chi connectivity index (χ3v) is 2.72. The van der Waals surface area contributed by atoms with Gasteiger partial charge in [-0.15, -0.1) is 0 Å². The highest BCUT2D eigenvalue weighted by Crippen LogP contribution is 2.17. The fraction of sp³-hybridized carbons (Fsp3) is 0.231. The van der Waals surface area contributed by atoms with Gasteiger partial charge in [-0.25, -0.2) is 13.8 Å². The van der Waals surface area contributed by atoms with Gasteiger partial charge in [0.1, 0.15) is 11.6 Å². The second-order valence-corrected chi connectivity index (χ2v) is 4.24. The van der Waals surface area contributed by atoms with Gasteiger partial charge in [-0.1, -0.05) is 0 Å². The Morgan fingerprint density at radius 2 is 2.26 bits per heavy atom. The number of anilines is 1. The number of carbonyl (C=O) groups excluding carboxylic acids is 1. The summed E-state index contributed by atoms with van der Waals surface area (Å²) in [7, 11) is 0. The predicted molar refractivity (Wildman–Crippen MR) is 66.5 cm³/mol. The molecule has 1 N–H and O–H groups in total. The Kier molecular flexibility index (Phi) is 3.89. The minimum absolute atomic E-state index is 0.0239. The van der Waals surface area contributed by atoms with Crippen LogP contribution in [0.25, 0.3) is 0 Å². The van der Waals surface area contributed by atoms with Crippen molar-refractivity contribution in [3.8, 4) is 0 Å². The number of nitrogens with zero attached hydrogens (tertiary/aromatic N) is 2. The predicted octanol–water partition coefficient (Wildman–Crippen LogP) is 2.75. The van der Waals surface area contributed by atoms with E-state index in [4.69, 9.17) is 0 Å². The van der Waals surface area contributed by atoms with Crippen LogP contribution in [0.1, 0.15) is 19.4 Å². The van der Waals surface area contributed by atoms with E-state index >= 15 is 0 Å². The Labute approximate surface area is 109 Å². The summed E-state index contributed by atoms with van der Waals surface area (Å²) in [6.45, 7) is 1.85. The van der Waals surface area contributed by atoms with Crippen molar-refractivity contribution in [3.63, 3.8) is 0 Å². The smallest absolute Gasteiger partial charge is 0.226 e. The van der Waals surface area contributed by atoms with Crippen molar-refractivity contribution in [3.05, 3.63) is 48.6 Å². The van der Waals surface area contributed by atoms with Crippen molar-refractivity contribution < 1.29 is 13.6 Å². The number of aromatic nitrogens is 2. The van der Waals surface area contributed by atoms with Gasteiger partial charge in [0, 0.05) is 30.9 Å². The van der Waals surface area contributed by atoms with Crippen molar-refractivity contribution in [2.45, 2.75) is 19.4 Å². The zero-order chi connectivity index (χ0) is 13.8. The minimum Gasteiger partial charge on any atom is -0.334 e. The molecule has 1 heterocycles. The van der Waals surface area contributed by atoms with E-state index in [0.717, 1.165) is 12.1 Å². The summed E-state index contributed by atoms with van der Waals surface area (Å²) < 4.78 is 27.8. The van der Waals surface area contributed by atoms with E-state index < -0.39 is 11.6 Å². The minimum atomic E-state index is -0.788.